The number of anilines is 1. The molecule has 1 aromatic carbocycles. The van der Waals surface area contributed by atoms with Gasteiger partial charge in [-0.3, -0.25) is 9.48 Å². The van der Waals surface area contributed by atoms with Crippen molar-refractivity contribution in [2.24, 2.45) is 7.05 Å². The van der Waals surface area contributed by atoms with Crippen LogP contribution in [0.15, 0.2) is 24.4 Å². The number of carbonyl (C=O) groups excluding carboxylic acids is 1. The number of aliphatic hydroxyl groups excluding tert-OH is 1. The number of rotatable bonds is 2. The van der Waals surface area contributed by atoms with Crippen LogP contribution in [0.2, 0.25) is 0 Å². The number of nitrogens with zero attached hydrogens (tertiary/aromatic N) is 2. The second kappa shape index (κ2) is 6.25. The monoisotopic (exact) mass is 283 g/mol. The number of aryl methyl sites for hydroxylation is 3. The van der Waals surface area contributed by atoms with E-state index in [0.29, 0.717) is 22.5 Å². The Balaban J connectivity index is 2.31. The van der Waals surface area contributed by atoms with E-state index in [1.54, 1.807) is 30.9 Å². The highest BCUT2D eigenvalue weighted by atomic mass is 16.2. The fraction of sp³-hybridized carbons (Fsp3) is 0.250. The fourth-order valence-electron chi connectivity index (χ4n) is 2.02. The summed E-state index contributed by atoms with van der Waals surface area (Å²) in [4.78, 5) is 12.3. The number of amides is 1. The van der Waals surface area contributed by atoms with Crippen molar-refractivity contribution in [1.82, 2.24) is 9.78 Å². The Morgan fingerprint density at radius 3 is 2.81 bits per heavy atom. The molecule has 2 aromatic rings. The van der Waals surface area contributed by atoms with Gasteiger partial charge in [-0.1, -0.05) is 17.9 Å². The third-order valence-electron chi connectivity index (χ3n) is 2.98. The molecule has 21 heavy (non-hydrogen) atoms. The highest BCUT2D eigenvalue weighted by Crippen LogP contribution is 2.18. The molecule has 0 spiro atoms. The maximum absolute atomic E-state index is 12.3. The Morgan fingerprint density at radius 2 is 2.19 bits per heavy atom. The van der Waals surface area contributed by atoms with Gasteiger partial charge in [0.2, 0.25) is 0 Å². The minimum absolute atomic E-state index is 0.219. The molecular weight excluding hydrogens is 266 g/mol. The first-order valence-electron chi connectivity index (χ1n) is 6.53. The van der Waals surface area contributed by atoms with Crippen LogP contribution in [0.1, 0.15) is 27.2 Å². The van der Waals surface area contributed by atoms with E-state index >= 15 is 0 Å². The van der Waals surface area contributed by atoms with Crippen LogP contribution in [0.25, 0.3) is 0 Å². The van der Waals surface area contributed by atoms with Crippen molar-refractivity contribution in [3.63, 3.8) is 0 Å². The van der Waals surface area contributed by atoms with Gasteiger partial charge in [0.25, 0.3) is 5.91 Å². The van der Waals surface area contributed by atoms with E-state index in [4.69, 9.17) is 5.11 Å². The van der Waals surface area contributed by atoms with Crippen LogP contribution in [0.5, 0.6) is 0 Å². The molecule has 108 valence electrons. The van der Waals surface area contributed by atoms with Gasteiger partial charge >= 0.3 is 0 Å². The van der Waals surface area contributed by atoms with Crippen LogP contribution in [-0.2, 0) is 7.05 Å². The second-order valence-corrected chi connectivity index (χ2v) is 4.76. The summed E-state index contributed by atoms with van der Waals surface area (Å²) >= 11 is 0. The summed E-state index contributed by atoms with van der Waals surface area (Å²) in [6.07, 6.45) is 1.68. The van der Waals surface area contributed by atoms with Crippen molar-refractivity contribution in [3.05, 3.63) is 46.8 Å². The predicted octanol–water partition coefficient (Wildman–Crippen LogP) is 1.63. The molecule has 0 unspecified atom stereocenters. The van der Waals surface area contributed by atoms with Crippen molar-refractivity contribution in [2.45, 2.75) is 13.8 Å². The zero-order valence-electron chi connectivity index (χ0n) is 12.3. The van der Waals surface area contributed by atoms with Gasteiger partial charge in [-0.25, -0.2) is 0 Å². The molecule has 0 aliphatic rings. The summed E-state index contributed by atoms with van der Waals surface area (Å²) in [5.41, 5.74) is 3.53. The SMILES string of the molecule is Cc1ccc(NC(=O)c2cn(C)nc2C)c(C#CCO)c1. The molecule has 1 heterocycles. The highest BCUT2D eigenvalue weighted by molar-refractivity contribution is 6.05. The van der Waals surface area contributed by atoms with Crippen molar-refractivity contribution in [1.29, 1.82) is 0 Å². The Hall–Kier alpha value is -2.58. The zero-order chi connectivity index (χ0) is 15.4. The van der Waals surface area contributed by atoms with Crippen molar-refractivity contribution in [2.75, 3.05) is 11.9 Å². The van der Waals surface area contributed by atoms with Crippen LogP contribution >= 0.6 is 0 Å². The Morgan fingerprint density at radius 1 is 1.43 bits per heavy atom. The summed E-state index contributed by atoms with van der Waals surface area (Å²) < 4.78 is 1.60. The van der Waals surface area contributed by atoms with E-state index in [1.165, 1.54) is 0 Å². The summed E-state index contributed by atoms with van der Waals surface area (Å²) in [5, 5.41) is 15.8. The molecule has 1 amide bonds. The number of hydrogen-bond donors (Lipinski definition) is 2. The lowest BCUT2D eigenvalue weighted by atomic mass is 10.1. The minimum Gasteiger partial charge on any atom is -0.384 e. The Labute approximate surface area is 123 Å². The third kappa shape index (κ3) is 3.50. The number of carbonyl (C=O) groups is 1. The van der Waals surface area contributed by atoms with Gasteiger partial charge in [-0.2, -0.15) is 5.10 Å². The van der Waals surface area contributed by atoms with Crippen molar-refractivity contribution < 1.29 is 9.90 Å². The van der Waals surface area contributed by atoms with Crippen LogP contribution in [0, 0.1) is 25.7 Å². The topological polar surface area (TPSA) is 67.2 Å². The maximum Gasteiger partial charge on any atom is 0.259 e. The Kier molecular flexibility index (Phi) is 4.41. The molecule has 0 saturated carbocycles. The van der Waals surface area contributed by atoms with Crippen molar-refractivity contribution >= 4 is 11.6 Å². The molecule has 1 aromatic heterocycles. The number of aliphatic hydroxyl groups is 1. The molecule has 0 aliphatic heterocycles. The molecular formula is C16H17N3O2. The van der Waals surface area contributed by atoms with Crippen LogP contribution in [0.3, 0.4) is 0 Å². The average Bonchev–Trinajstić information content (AvgIpc) is 2.78. The summed E-state index contributed by atoms with van der Waals surface area (Å²) in [6, 6.07) is 5.57. The molecule has 0 aliphatic carbocycles. The first kappa shape index (κ1) is 14.8. The van der Waals surface area contributed by atoms with E-state index in [0.717, 1.165) is 5.56 Å². The van der Waals surface area contributed by atoms with E-state index in [9.17, 15) is 4.79 Å². The molecule has 0 saturated heterocycles. The number of benzene rings is 1. The van der Waals surface area contributed by atoms with Gasteiger partial charge in [0.05, 0.1) is 16.9 Å². The number of hydrogen-bond acceptors (Lipinski definition) is 3. The van der Waals surface area contributed by atoms with Crippen LogP contribution in [0.4, 0.5) is 5.69 Å². The largest absolute Gasteiger partial charge is 0.384 e. The normalized spacial score (nSPS) is 9.90. The molecule has 0 fully saturated rings. The predicted molar refractivity (Wildman–Crippen MR) is 81.0 cm³/mol. The van der Waals surface area contributed by atoms with Gasteiger partial charge in [0, 0.05) is 18.8 Å². The first-order valence-corrected chi connectivity index (χ1v) is 6.53. The molecule has 2 rings (SSSR count). The second-order valence-electron chi connectivity index (χ2n) is 4.76. The minimum atomic E-state index is -0.225. The van der Waals surface area contributed by atoms with Crippen LogP contribution < -0.4 is 5.32 Å². The summed E-state index contributed by atoms with van der Waals surface area (Å²) in [5.74, 6) is 5.22. The molecule has 2 N–H and O–H groups in total. The van der Waals surface area contributed by atoms with Gasteiger partial charge in [-0.15, -0.1) is 0 Å². The number of nitrogens with one attached hydrogen (secondary N) is 1. The lowest BCUT2D eigenvalue weighted by molar-refractivity contribution is 0.102. The lowest BCUT2D eigenvalue weighted by Crippen LogP contribution is -2.13. The summed E-state index contributed by atoms with van der Waals surface area (Å²) in [6.45, 7) is 3.51. The zero-order valence-corrected chi connectivity index (χ0v) is 12.3. The van der Waals surface area contributed by atoms with E-state index in [-0.39, 0.29) is 12.5 Å². The van der Waals surface area contributed by atoms with E-state index < -0.39 is 0 Å². The lowest BCUT2D eigenvalue weighted by Gasteiger charge is -2.08. The third-order valence-corrected chi connectivity index (χ3v) is 2.98. The van der Waals surface area contributed by atoms with Crippen LogP contribution in [-0.4, -0.2) is 27.4 Å². The molecule has 0 atom stereocenters. The molecule has 0 bridgehead atoms. The maximum atomic E-state index is 12.3. The van der Waals surface area contributed by atoms with Gasteiger partial charge in [0.15, 0.2) is 0 Å². The molecule has 5 nitrogen and oxygen atoms in total. The molecule has 5 heteroatoms. The first-order chi connectivity index (χ1) is 10.0. The number of aromatic nitrogens is 2. The standard InChI is InChI=1S/C16H17N3O2/c1-11-6-7-15(13(9-11)5-4-8-20)17-16(21)14-10-19(3)18-12(14)2/h6-7,9-10,20H,8H2,1-3H3,(H,17,21). The summed E-state index contributed by atoms with van der Waals surface area (Å²) in [7, 11) is 1.77. The van der Waals surface area contributed by atoms with Crippen molar-refractivity contribution in [3.8, 4) is 11.8 Å². The van der Waals surface area contributed by atoms with E-state index in [1.807, 2.05) is 19.1 Å². The van der Waals surface area contributed by atoms with Gasteiger partial charge in [-0.05, 0) is 31.5 Å². The van der Waals surface area contributed by atoms with Gasteiger partial charge in [0.1, 0.15) is 6.61 Å². The average molecular weight is 283 g/mol. The smallest absolute Gasteiger partial charge is 0.259 e. The quantitative estimate of drug-likeness (QED) is 0.823. The van der Waals surface area contributed by atoms with Gasteiger partial charge < -0.3 is 10.4 Å². The highest BCUT2D eigenvalue weighted by Gasteiger charge is 2.13. The molecule has 0 radical (unpaired) electrons. The fourth-order valence-corrected chi connectivity index (χ4v) is 2.02. The van der Waals surface area contributed by atoms with E-state index in [2.05, 4.69) is 22.3 Å². The Bertz CT molecular complexity index is 736.